The molecule has 18 heavy (non-hydrogen) atoms. The fourth-order valence-electron chi connectivity index (χ4n) is 2.22. The minimum Gasteiger partial charge on any atom is -0.365 e. The van der Waals surface area contributed by atoms with Crippen LogP contribution in [0.2, 0.25) is 0 Å². The monoisotopic (exact) mass is 331 g/mol. The molecular formula is C11H18BrN5S. The van der Waals surface area contributed by atoms with Crippen LogP contribution in [0.3, 0.4) is 0 Å². The Morgan fingerprint density at radius 2 is 2.39 bits per heavy atom. The van der Waals surface area contributed by atoms with Crippen molar-refractivity contribution >= 4 is 39.5 Å². The molecule has 1 aliphatic carbocycles. The van der Waals surface area contributed by atoms with E-state index in [4.69, 9.17) is 5.84 Å². The highest BCUT2D eigenvalue weighted by Crippen LogP contribution is 2.33. The predicted molar refractivity (Wildman–Crippen MR) is 80.7 cm³/mol. The lowest BCUT2D eigenvalue weighted by atomic mass is 10.2. The number of aromatic nitrogens is 2. The molecule has 100 valence electrons. The summed E-state index contributed by atoms with van der Waals surface area (Å²) in [7, 11) is 0. The van der Waals surface area contributed by atoms with E-state index in [1.54, 1.807) is 6.20 Å². The average molecular weight is 332 g/mol. The number of nitrogen functional groups attached to an aromatic ring is 1. The lowest BCUT2D eigenvalue weighted by molar-refractivity contribution is 0.761. The Labute approximate surface area is 120 Å². The van der Waals surface area contributed by atoms with Gasteiger partial charge in [0.15, 0.2) is 0 Å². The van der Waals surface area contributed by atoms with Gasteiger partial charge in [0.25, 0.3) is 0 Å². The predicted octanol–water partition coefficient (Wildman–Crippen LogP) is 2.61. The van der Waals surface area contributed by atoms with Crippen LogP contribution in [0.4, 0.5) is 11.8 Å². The maximum absolute atomic E-state index is 5.33. The van der Waals surface area contributed by atoms with Crippen molar-refractivity contribution in [3.8, 4) is 0 Å². The first-order valence-corrected chi connectivity index (χ1v) is 7.96. The molecule has 2 rings (SSSR count). The number of nitrogens with zero attached hydrogens (tertiary/aromatic N) is 2. The molecule has 5 nitrogen and oxygen atoms in total. The van der Waals surface area contributed by atoms with E-state index in [1.165, 1.54) is 19.3 Å². The molecule has 0 bridgehead atoms. The summed E-state index contributed by atoms with van der Waals surface area (Å²) in [6.45, 7) is 2.21. The van der Waals surface area contributed by atoms with Crippen molar-refractivity contribution in [3.05, 3.63) is 10.7 Å². The highest BCUT2D eigenvalue weighted by Gasteiger charge is 2.27. The average Bonchev–Trinajstić information content (AvgIpc) is 2.80. The van der Waals surface area contributed by atoms with E-state index >= 15 is 0 Å². The summed E-state index contributed by atoms with van der Waals surface area (Å²) in [6, 6.07) is 0.478. The summed E-state index contributed by atoms with van der Waals surface area (Å²) in [4.78, 5) is 8.38. The summed E-state index contributed by atoms with van der Waals surface area (Å²) >= 11 is 5.48. The van der Waals surface area contributed by atoms with Gasteiger partial charge in [-0.2, -0.15) is 16.7 Å². The molecule has 1 aliphatic rings. The quantitative estimate of drug-likeness (QED) is 0.568. The van der Waals surface area contributed by atoms with Gasteiger partial charge in [0, 0.05) is 17.5 Å². The fraction of sp³-hybridized carbons (Fsp3) is 0.636. The Kier molecular flexibility index (Phi) is 5.08. The minimum absolute atomic E-state index is 0.429. The molecule has 0 aromatic carbocycles. The van der Waals surface area contributed by atoms with E-state index in [0.29, 0.717) is 17.2 Å². The molecule has 1 aromatic rings. The van der Waals surface area contributed by atoms with Crippen LogP contribution < -0.4 is 16.6 Å². The number of hydrazine groups is 1. The van der Waals surface area contributed by atoms with Crippen molar-refractivity contribution in [2.75, 3.05) is 16.5 Å². The second-order valence-electron chi connectivity index (χ2n) is 4.21. The zero-order valence-electron chi connectivity index (χ0n) is 10.3. The maximum atomic E-state index is 5.33. The smallest absolute Gasteiger partial charge is 0.239 e. The molecule has 0 aliphatic heterocycles. The standard InChI is InChI=1S/C11H18BrN5S/c1-2-18-9-5-3-4-8(9)15-10-7(12)6-14-11(16-10)17-13/h6,8-9H,2-5,13H2,1H3,(H2,14,15,16,17). The van der Waals surface area contributed by atoms with E-state index in [2.05, 4.69) is 43.6 Å². The molecule has 1 saturated carbocycles. The van der Waals surface area contributed by atoms with Crippen LogP contribution in [0, 0.1) is 0 Å². The van der Waals surface area contributed by atoms with Crippen molar-refractivity contribution in [2.45, 2.75) is 37.5 Å². The summed E-state index contributed by atoms with van der Waals surface area (Å²) in [5.74, 6) is 7.73. The molecule has 2 atom stereocenters. The molecule has 1 aromatic heterocycles. The molecule has 7 heteroatoms. The van der Waals surface area contributed by atoms with Crippen molar-refractivity contribution in [2.24, 2.45) is 5.84 Å². The van der Waals surface area contributed by atoms with Crippen molar-refractivity contribution in [3.63, 3.8) is 0 Å². The number of hydrogen-bond acceptors (Lipinski definition) is 6. The molecule has 1 heterocycles. The van der Waals surface area contributed by atoms with Gasteiger partial charge in [-0.05, 0) is 34.5 Å². The molecule has 0 spiro atoms. The van der Waals surface area contributed by atoms with Gasteiger partial charge >= 0.3 is 0 Å². The molecule has 4 N–H and O–H groups in total. The molecule has 0 saturated heterocycles. The van der Waals surface area contributed by atoms with Crippen LogP contribution in [0.5, 0.6) is 0 Å². The third kappa shape index (κ3) is 3.27. The Bertz CT molecular complexity index is 403. The second kappa shape index (κ2) is 6.58. The minimum atomic E-state index is 0.429. The number of nitrogens with two attached hydrogens (primary N) is 1. The number of anilines is 2. The van der Waals surface area contributed by atoms with E-state index in [-0.39, 0.29) is 0 Å². The largest absolute Gasteiger partial charge is 0.365 e. The van der Waals surface area contributed by atoms with Crippen LogP contribution in [0.25, 0.3) is 0 Å². The fourth-order valence-corrected chi connectivity index (χ4v) is 3.72. The Morgan fingerprint density at radius 1 is 1.56 bits per heavy atom. The van der Waals surface area contributed by atoms with Gasteiger partial charge in [0.05, 0.1) is 4.47 Å². The second-order valence-corrected chi connectivity index (χ2v) is 6.58. The van der Waals surface area contributed by atoms with E-state index in [0.717, 1.165) is 16.0 Å². The van der Waals surface area contributed by atoms with Gasteiger partial charge in [0.2, 0.25) is 5.95 Å². The van der Waals surface area contributed by atoms with Gasteiger partial charge in [0.1, 0.15) is 5.82 Å². The first-order chi connectivity index (χ1) is 8.74. The van der Waals surface area contributed by atoms with E-state index in [9.17, 15) is 0 Å². The number of thioether (sulfide) groups is 1. The van der Waals surface area contributed by atoms with Gasteiger partial charge in [-0.25, -0.2) is 10.8 Å². The van der Waals surface area contributed by atoms with Crippen molar-refractivity contribution in [1.29, 1.82) is 0 Å². The van der Waals surface area contributed by atoms with Crippen LogP contribution in [-0.4, -0.2) is 27.0 Å². The van der Waals surface area contributed by atoms with Gasteiger partial charge in [-0.1, -0.05) is 13.3 Å². The number of nitrogens with one attached hydrogen (secondary N) is 2. The van der Waals surface area contributed by atoms with Crippen molar-refractivity contribution < 1.29 is 0 Å². The van der Waals surface area contributed by atoms with Gasteiger partial charge in [-0.3, -0.25) is 5.43 Å². The Morgan fingerprint density at radius 3 is 3.11 bits per heavy atom. The van der Waals surface area contributed by atoms with Gasteiger partial charge in [-0.15, -0.1) is 0 Å². The van der Waals surface area contributed by atoms with Crippen LogP contribution in [0.15, 0.2) is 10.7 Å². The zero-order chi connectivity index (χ0) is 13.0. The third-order valence-corrected chi connectivity index (χ3v) is 4.93. The zero-order valence-corrected chi connectivity index (χ0v) is 12.7. The van der Waals surface area contributed by atoms with Crippen molar-refractivity contribution in [1.82, 2.24) is 9.97 Å². The Balaban J connectivity index is 2.08. The highest BCUT2D eigenvalue weighted by molar-refractivity contribution is 9.10. The lowest BCUT2D eigenvalue weighted by Gasteiger charge is -2.21. The van der Waals surface area contributed by atoms with Crippen LogP contribution >= 0.6 is 27.7 Å². The first kappa shape index (κ1) is 13.9. The molecule has 2 unspecified atom stereocenters. The number of rotatable bonds is 5. The normalized spacial score (nSPS) is 23.1. The van der Waals surface area contributed by atoms with Crippen LogP contribution in [-0.2, 0) is 0 Å². The highest BCUT2D eigenvalue weighted by atomic mass is 79.9. The van der Waals surface area contributed by atoms with E-state index in [1.807, 2.05) is 11.8 Å². The Hall–Kier alpha value is -0.530. The number of hydrogen-bond donors (Lipinski definition) is 3. The van der Waals surface area contributed by atoms with Gasteiger partial charge < -0.3 is 5.32 Å². The summed E-state index contributed by atoms with van der Waals surface area (Å²) in [5.41, 5.74) is 2.47. The summed E-state index contributed by atoms with van der Waals surface area (Å²) < 4.78 is 0.869. The van der Waals surface area contributed by atoms with E-state index < -0.39 is 0 Å². The molecule has 0 radical (unpaired) electrons. The third-order valence-electron chi connectivity index (χ3n) is 3.03. The summed E-state index contributed by atoms with van der Waals surface area (Å²) in [5, 5.41) is 4.18. The topological polar surface area (TPSA) is 75.9 Å². The number of halogens is 1. The SMILES string of the molecule is CCSC1CCCC1Nc1nc(NN)ncc1Br. The molecule has 0 amide bonds. The first-order valence-electron chi connectivity index (χ1n) is 6.12. The molecular weight excluding hydrogens is 314 g/mol. The molecule has 1 fully saturated rings. The summed E-state index contributed by atoms with van der Waals surface area (Å²) in [6.07, 6.45) is 5.46. The lowest BCUT2D eigenvalue weighted by Crippen LogP contribution is -2.27. The van der Waals surface area contributed by atoms with Crippen LogP contribution in [0.1, 0.15) is 26.2 Å². The maximum Gasteiger partial charge on any atom is 0.239 e.